The van der Waals surface area contributed by atoms with Crippen molar-refractivity contribution in [3.8, 4) is 0 Å². The lowest BCUT2D eigenvalue weighted by Gasteiger charge is -2.40. The van der Waals surface area contributed by atoms with Gasteiger partial charge < -0.3 is 20.0 Å². The van der Waals surface area contributed by atoms with Crippen molar-refractivity contribution in [3.05, 3.63) is 11.2 Å². The fourth-order valence-corrected chi connectivity index (χ4v) is 6.37. The van der Waals surface area contributed by atoms with Crippen LogP contribution < -0.4 is 10.2 Å². The van der Waals surface area contributed by atoms with Crippen molar-refractivity contribution in [2.45, 2.75) is 69.5 Å². The van der Waals surface area contributed by atoms with Gasteiger partial charge in [0.15, 0.2) is 5.16 Å². The van der Waals surface area contributed by atoms with E-state index < -0.39 is 0 Å². The molecule has 1 unspecified atom stereocenters. The van der Waals surface area contributed by atoms with Gasteiger partial charge in [0.1, 0.15) is 11.0 Å². The Morgan fingerprint density at radius 3 is 2.63 bits per heavy atom. The Balaban J connectivity index is 1.23. The molecule has 2 aliphatic heterocycles. The van der Waals surface area contributed by atoms with Gasteiger partial charge in [0.25, 0.3) is 0 Å². The molecule has 1 aromatic heterocycles. The number of likely N-dealkylation sites (tertiary alicyclic amines) is 1. The number of hydrogen-bond acceptors (Lipinski definition) is 7. The summed E-state index contributed by atoms with van der Waals surface area (Å²) in [5.41, 5.74) is 0. The molecule has 10 heteroatoms. The second-order valence-electron chi connectivity index (χ2n) is 10.1. The molecule has 0 aromatic carbocycles. The Morgan fingerprint density at radius 2 is 1.89 bits per heavy atom. The maximum Gasteiger partial charge on any atom is 0.230 e. The van der Waals surface area contributed by atoms with Crippen molar-refractivity contribution in [1.29, 1.82) is 0 Å². The average Bonchev–Trinajstić information content (AvgIpc) is 3.55. The SMILES string of the molecule is CC1CN(c2cc(Cl)nc(SCC(=O)NCCN3CCCC3)n2)CCN1C(=O)CCC1CCCC1. The lowest BCUT2D eigenvalue weighted by atomic mass is 10.0. The largest absolute Gasteiger partial charge is 0.354 e. The lowest BCUT2D eigenvalue weighted by Crippen LogP contribution is -2.54. The Hall–Kier alpha value is -1.58. The van der Waals surface area contributed by atoms with E-state index in [2.05, 4.69) is 32.0 Å². The minimum atomic E-state index is -0.0160. The standard InChI is InChI=1S/C25H39ClN6O2S/c1-19-17-31(14-15-32(19)24(34)9-8-20-6-2-3-7-20)22-16-21(26)28-25(29-22)35-18-23(33)27-10-13-30-11-4-5-12-30/h16,19-20H,2-15,17-18H2,1H3,(H,27,33). The summed E-state index contributed by atoms with van der Waals surface area (Å²) >= 11 is 7.60. The van der Waals surface area contributed by atoms with Crippen molar-refractivity contribution in [1.82, 2.24) is 25.1 Å². The predicted octanol–water partition coefficient (Wildman–Crippen LogP) is 3.44. The van der Waals surface area contributed by atoms with Gasteiger partial charge in [-0.1, -0.05) is 49.0 Å². The quantitative estimate of drug-likeness (QED) is 0.286. The summed E-state index contributed by atoms with van der Waals surface area (Å²) in [7, 11) is 0. The highest BCUT2D eigenvalue weighted by Crippen LogP contribution is 2.29. The van der Waals surface area contributed by atoms with Crippen LogP contribution >= 0.6 is 23.4 Å². The Morgan fingerprint density at radius 1 is 1.11 bits per heavy atom. The normalized spacial score (nSPS) is 21.6. The first kappa shape index (κ1) is 26.5. The summed E-state index contributed by atoms with van der Waals surface area (Å²) in [5.74, 6) is 2.02. The number of hydrogen-bond donors (Lipinski definition) is 1. The number of nitrogens with zero attached hydrogens (tertiary/aromatic N) is 5. The maximum atomic E-state index is 12.8. The smallest absolute Gasteiger partial charge is 0.230 e. The van der Waals surface area contributed by atoms with Crippen LogP contribution in [0.25, 0.3) is 0 Å². The van der Waals surface area contributed by atoms with Crippen LogP contribution in [-0.4, -0.2) is 89.2 Å². The molecule has 2 saturated heterocycles. The number of piperazine rings is 1. The lowest BCUT2D eigenvalue weighted by molar-refractivity contribution is -0.134. The summed E-state index contributed by atoms with van der Waals surface area (Å²) in [6.45, 7) is 8.05. The number of nitrogens with one attached hydrogen (secondary N) is 1. The Bertz CT molecular complexity index is 862. The maximum absolute atomic E-state index is 12.8. The van der Waals surface area contributed by atoms with Gasteiger partial charge in [-0.25, -0.2) is 9.97 Å². The number of aromatic nitrogens is 2. The van der Waals surface area contributed by atoms with Gasteiger partial charge in [0, 0.05) is 51.3 Å². The van der Waals surface area contributed by atoms with Gasteiger partial charge in [-0.3, -0.25) is 9.59 Å². The molecule has 3 fully saturated rings. The van der Waals surface area contributed by atoms with Gasteiger partial charge in [-0.2, -0.15) is 0 Å². The monoisotopic (exact) mass is 522 g/mol. The zero-order chi connectivity index (χ0) is 24.6. The van der Waals surface area contributed by atoms with Crippen LogP contribution in [0.1, 0.15) is 58.3 Å². The predicted molar refractivity (Wildman–Crippen MR) is 141 cm³/mol. The molecule has 1 N–H and O–H groups in total. The molecule has 0 radical (unpaired) electrons. The van der Waals surface area contributed by atoms with Crippen LogP contribution in [0.15, 0.2) is 11.2 Å². The molecule has 35 heavy (non-hydrogen) atoms. The summed E-state index contributed by atoms with van der Waals surface area (Å²) < 4.78 is 0. The van der Waals surface area contributed by atoms with E-state index in [1.165, 1.54) is 50.3 Å². The third kappa shape index (κ3) is 7.95. The minimum Gasteiger partial charge on any atom is -0.354 e. The number of halogens is 1. The second-order valence-corrected chi connectivity index (χ2v) is 11.4. The molecule has 0 spiro atoms. The summed E-state index contributed by atoms with van der Waals surface area (Å²) in [4.78, 5) is 40.6. The Labute approximate surface area is 218 Å². The first-order valence-corrected chi connectivity index (χ1v) is 14.5. The molecule has 2 amide bonds. The van der Waals surface area contributed by atoms with Crippen molar-refractivity contribution in [2.24, 2.45) is 5.92 Å². The fourth-order valence-electron chi connectivity index (χ4n) is 5.46. The van der Waals surface area contributed by atoms with E-state index in [-0.39, 0.29) is 23.6 Å². The molecule has 4 rings (SSSR count). The van der Waals surface area contributed by atoms with E-state index in [9.17, 15) is 9.59 Å². The molecule has 0 bridgehead atoms. The van der Waals surface area contributed by atoms with E-state index >= 15 is 0 Å². The van der Waals surface area contributed by atoms with Gasteiger partial charge in [-0.15, -0.1) is 0 Å². The van der Waals surface area contributed by atoms with E-state index in [0.29, 0.717) is 42.9 Å². The number of amides is 2. The second kappa shape index (κ2) is 13.1. The molecule has 1 saturated carbocycles. The third-order valence-corrected chi connectivity index (χ3v) is 8.50. The van der Waals surface area contributed by atoms with Gasteiger partial charge in [0.05, 0.1) is 5.75 Å². The molecule has 194 valence electrons. The van der Waals surface area contributed by atoms with Gasteiger partial charge in [-0.05, 0) is 45.2 Å². The van der Waals surface area contributed by atoms with E-state index in [0.717, 1.165) is 37.8 Å². The number of anilines is 1. The van der Waals surface area contributed by atoms with Crippen LogP contribution in [0.3, 0.4) is 0 Å². The topological polar surface area (TPSA) is 81.7 Å². The zero-order valence-electron chi connectivity index (χ0n) is 20.9. The Kier molecular flexibility index (Phi) is 9.92. The number of rotatable bonds is 10. The molecule has 3 heterocycles. The van der Waals surface area contributed by atoms with Crippen LogP contribution in [-0.2, 0) is 9.59 Å². The van der Waals surface area contributed by atoms with E-state index in [1.807, 2.05) is 4.90 Å². The molecule has 3 aliphatic rings. The van der Waals surface area contributed by atoms with Crippen LogP contribution in [0.5, 0.6) is 0 Å². The van der Waals surface area contributed by atoms with Gasteiger partial charge in [0.2, 0.25) is 11.8 Å². The summed E-state index contributed by atoms with van der Waals surface area (Å²) in [6.07, 6.45) is 9.40. The zero-order valence-corrected chi connectivity index (χ0v) is 22.5. The van der Waals surface area contributed by atoms with Crippen LogP contribution in [0.2, 0.25) is 5.15 Å². The van der Waals surface area contributed by atoms with E-state index in [4.69, 9.17) is 11.6 Å². The van der Waals surface area contributed by atoms with Crippen molar-refractivity contribution < 1.29 is 9.59 Å². The average molecular weight is 523 g/mol. The van der Waals surface area contributed by atoms with Crippen molar-refractivity contribution in [2.75, 3.05) is 56.5 Å². The molecular formula is C25H39ClN6O2S. The number of thioether (sulfide) groups is 1. The summed E-state index contributed by atoms with van der Waals surface area (Å²) in [6, 6.07) is 1.89. The minimum absolute atomic E-state index is 0.0160. The third-order valence-electron chi connectivity index (χ3n) is 7.46. The molecule has 1 aromatic rings. The molecular weight excluding hydrogens is 484 g/mol. The first-order valence-electron chi connectivity index (χ1n) is 13.2. The van der Waals surface area contributed by atoms with Crippen LogP contribution in [0.4, 0.5) is 5.82 Å². The number of carbonyl (C=O) groups excluding carboxylic acids is 2. The highest BCUT2D eigenvalue weighted by molar-refractivity contribution is 7.99. The summed E-state index contributed by atoms with van der Waals surface area (Å²) in [5, 5.41) is 3.86. The van der Waals surface area contributed by atoms with Gasteiger partial charge >= 0.3 is 0 Å². The highest BCUT2D eigenvalue weighted by Gasteiger charge is 2.29. The molecule has 1 atom stereocenters. The highest BCUT2D eigenvalue weighted by atomic mass is 35.5. The van der Waals surface area contributed by atoms with Crippen molar-refractivity contribution in [3.63, 3.8) is 0 Å². The van der Waals surface area contributed by atoms with Crippen LogP contribution in [0, 0.1) is 5.92 Å². The first-order chi connectivity index (χ1) is 17.0. The van der Waals surface area contributed by atoms with E-state index in [1.54, 1.807) is 6.07 Å². The van der Waals surface area contributed by atoms with Crippen molar-refractivity contribution >= 4 is 41.0 Å². The molecule has 1 aliphatic carbocycles. The molecule has 8 nitrogen and oxygen atoms in total. The fraction of sp³-hybridized carbons (Fsp3) is 0.760. The number of carbonyl (C=O) groups is 2.